The van der Waals surface area contributed by atoms with Gasteiger partial charge >= 0.3 is 5.97 Å². The molecule has 0 aromatic carbocycles. The molecule has 5 nitrogen and oxygen atoms in total. The van der Waals surface area contributed by atoms with Crippen molar-refractivity contribution in [2.45, 2.75) is 6.42 Å². The fourth-order valence-corrected chi connectivity index (χ4v) is 0.449. The minimum absolute atomic E-state index is 0.0695. The maximum atomic E-state index is 9.95. The Morgan fingerprint density at radius 3 is 3.00 bits per heavy atom. The molecule has 0 aliphatic carbocycles. The summed E-state index contributed by atoms with van der Waals surface area (Å²) in [5, 5.41) is 10.7. The number of nitrogens with two attached hydrogens (primary N) is 1. The van der Waals surface area contributed by atoms with E-state index in [0.717, 1.165) is 0 Å². The highest BCUT2D eigenvalue weighted by Gasteiger charge is 1.88. The Hall–Kier alpha value is -1.07. The summed E-state index contributed by atoms with van der Waals surface area (Å²) in [6, 6.07) is 0. The molecular weight excluding hydrogens is 148 g/mol. The van der Waals surface area contributed by atoms with Gasteiger partial charge in [-0.05, 0) is 12.6 Å². The van der Waals surface area contributed by atoms with Crippen LogP contribution in [0.3, 0.4) is 0 Å². The molecule has 5 heteroatoms. The van der Waals surface area contributed by atoms with Crippen molar-refractivity contribution in [3.63, 3.8) is 0 Å². The lowest BCUT2D eigenvalue weighted by Crippen LogP contribution is -2.16. The van der Waals surface area contributed by atoms with Crippen molar-refractivity contribution < 1.29 is 14.7 Å². The first kappa shape index (κ1) is 9.93. The van der Waals surface area contributed by atoms with Crippen molar-refractivity contribution in [2.24, 2.45) is 5.90 Å². The fraction of sp³-hybridized carbons (Fsp3) is 0.500. The van der Waals surface area contributed by atoms with E-state index < -0.39 is 5.97 Å². The first-order valence-electron chi connectivity index (χ1n) is 3.19. The van der Waals surface area contributed by atoms with Crippen molar-refractivity contribution in [3.05, 3.63) is 12.3 Å². The molecular formula is C6H12N2O3. The summed E-state index contributed by atoms with van der Waals surface area (Å²) in [4.78, 5) is 14.2. The number of hydrogen-bond donors (Lipinski definition) is 3. The van der Waals surface area contributed by atoms with Gasteiger partial charge in [-0.15, -0.1) is 0 Å². The molecule has 0 amide bonds. The molecule has 0 aliphatic heterocycles. The molecule has 0 saturated heterocycles. The molecule has 0 atom stereocenters. The number of carboxylic acid groups (broad SMARTS) is 1. The third-order valence-electron chi connectivity index (χ3n) is 0.891. The van der Waals surface area contributed by atoms with Gasteiger partial charge in [-0.2, -0.15) is 0 Å². The number of carbonyl (C=O) groups is 1. The second-order valence-corrected chi connectivity index (χ2v) is 1.84. The van der Waals surface area contributed by atoms with Crippen molar-refractivity contribution in [3.8, 4) is 0 Å². The highest BCUT2D eigenvalue weighted by Crippen LogP contribution is 1.79. The van der Waals surface area contributed by atoms with Gasteiger partial charge in [0.15, 0.2) is 0 Å². The van der Waals surface area contributed by atoms with E-state index in [-0.39, 0.29) is 6.54 Å². The van der Waals surface area contributed by atoms with Crippen LogP contribution < -0.4 is 11.2 Å². The molecule has 64 valence electrons. The molecule has 0 heterocycles. The minimum atomic E-state index is -0.885. The van der Waals surface area contributed by atoms with Crippen LogP contribution in [0, 0.1) is 0 Å². The van der Waals surface area contributed by atoms with Gasteiger partial charge in [0.2, 0.25) is 0 Å². The lowest BCUT2D eigenvalue weighted by atomic mass is 10.4. The molecule has 0 spiro atoms. The zero-order chi connectivity index (χ0) is 8.53. The molecule has 0 fully saturated rings. The largest absolute Gasteiger partial charge is 0.480 e. The summed E-state index contributed by atoms with van der Waals surface area (Å²) in [7, 11) is 0. The summed E-state index contributed by atoms with van der Waals surface area (Å²) >= 11 is 0. The van der Waals surface area contributed by atoms with E-state index in [4.69, 9.17) is 11.0 Å². The van der Waals surface area contributed by atoms with Crippen molar-refractivity contribution in [2.75, 3.05) is 13.2 Å². The second-order valence-electron chi connectivity index (χ2n) is 1.84. The fourth-order valence-electron chi connectivity index (χ4n) is 0.449. The Balaban J connectivity index is 3.10. The molecule has 0 bridgehead atoms. The number of nitrogens with one attached hydrogen (secondary N) is 1. The summed E-state index contributed by atoms with van der Waals surface area (Å²) in [6.45, 7) is 0.366. The van der Waals surface area contributed by atoms with Gasteiger partial charge in [0.25, 0.3) is 0 Å². The maximum absolute atomic E-state index is 9.95. The Kier molecular flexibility index (Phi) is 6.36. The summed E-state index contributed by atoms with van der Waals surface area (Å²) < 4.78 is 0. The summed E-state index contributed by atoms with van der Waals surface area (Å²) in [6.07, 6.45) is 3.98. The minimum Gasteiger partial charge on any atom is -0.480 e. The molecule has 4 N–H and O–H groups in total. The van der Waals surface area contributed by atoms with E-state index >= 15 is 0 Å². The Labute approximate surface area is 64.8 Å². The zero-order valence-corrected chi connectivity index (χ0v) is 6.12. The second kappa shape index (κ2) is 7.04. The van der Waals surface area contributed by atoms with Crippen LogP contribution in [0.4, 0.5) is 0 Å². The average molecular weight is 160 g/mol. The van der Waals surface area contributed by atoms with Crippen LogP contribution >= 0.6 is 0 Å². The predicted molar refractivity (Wildman–Crippen MR) is 39.5 cm³/mol. The first-order chi connectivity index (χ1) is 5.27. The Morgan fingerprint density at radius 2 is 2.45 bits per heavy atom. The highest BCUT2D eigenvalue weighted by molar-refractivity contribution is 5.69. The van der Waals surface area contributed by atoms with E-state index in [2.05, 4.69) is 10.2 Å². The normalized spacial score (nSPS) is 10.3. The smallest absolute Gasteiger partial charge is 0.322 e. The zero-order valence-electron chi connectivity index (χ0n) is 6.12. The van der Waals surface area contributed by atoms with Crippen LogP contribution in [0.5, 0.6) is 0 Å². The molecule has 0 unspecified atom stereocenters. The quantitative estimate of drug-likeness (QED) is 0.359. The third kappa shape index (κ3) is 8.93. The Morgan fingerprint density at radius 1 is 1.73 bits per heavy atom. The van der Waals surface area contributed by atoms with Gasteiger partial charge in [0, 0.05) is 0 Å². The van der Waals surface area contributed by atoms with E-state index in [9.17, 15) is 4.79 Å². The lowest BCUT2D eigenvalue weighted by molar-refractivity contribution is -0.135. The van der Waals surface area contributed by atoms with E-state index in [0.29, 0.717) is 13.0 Å². The van der Waals surface area contributed by atoms with Gasteiger partial charge in [-0.1, -0.05) is 6.08 Å². The van der Waals surface area contributed by atoms with Gasteiger partial charge in [-0.25, -0.2) is 5.90 Å². The topological polar surface area (TPSA) is 84.6 Å². The van der Waals surface area contributed by atoms with Crippen LogP contribution in [0.25, 0.3) is 0 Å². The van der Waals surface area contributed by atoms with Crippen molar-refractivity contribution in [1.29, 1.82) is 0 Å². The average Bonchev–Trinajstić information content (AvgIpc) is 1.96. The number of rotatable bonds is 6. The van der Waals surface area contributed by atoms with Crippen LogP contribution in [0.1, 0.15) is 6.42 Å². The number of carboxylic acids is 1. The van der Waals surface area contributed by atoms with E-state index in [1.54, 1.807) is 12.3 Å². The third-order valence-corrected chi connectivity index (χ3v) is 0.891. The first-order valence-corrected chi connectivity index (χ1v) is 3.19. The van der Waals surface area contributed by atoms with Crippen LogP contribution in [0.2, 0.25) is 0 Å². The number of aliphatic carboxylic acids is 1. The van der Waals surface area contributed by atoms with Crippen LogP contribution in [0.15, 0.2) is 12.3 Å². The highest BCUT2D eigenvalue weighted by atomic mass is 16.6. The SMILES string of the molecule is NOCCC=CNCC(=O)O. The van der Waals surface area contributed by atoms with Crippen molar-refractivity contribution in [1.82, 2.24) is 5.32 Å². The Bertz CT molecular complexity index is 136. The predicted octanol–water partition coefficient (Wildman–Crippen LogP) is -0.545. The van der Waals surface area contributed by atoms with Gasteiger partial charge in [0.1, 0.15) is 6.54 Å². The van der Waals surface area contributed by atoms with Crippen LogP contribution in [-0.4, -0.2) is 24.2 Å². The van der Waals surface area contributed by atoms with Crippen molar-refractivity contribution >= 4 is 5.97 Å². The van der Waals surface area contributed by atoms with E-state index in [1.807, 2.05) is 0 Å². The van der Waals surface area contributed by atoms with Gasteiger partial charge in [0.05, 0.1) is 6.61 Å². The maximum Gasteiger partial charge on any atom is 0.322 e. The molecule has 0 radical (unpaired) electrons. The van der Waals surface area contributed by atoms with Crippen LogP contribution in [-0.2, 0) is 9.63 Å². The standard InChI is InChI=1S/C6H12N2O3/c7-11-4-2-1-3-8-5-6(9)10/h1,3,8H,2,4-5,7H2,(H,9,10). The molecule has 0 aromatic heterocycles. The lowest BCUT2D eigenvalue weighted by Gasteiger charge is -1.93. The molecule has 0 aliphatic rings. The molecule has 0 rings (SSSR count). The number of hydrogen-bond acceptors (Lipinski definition) is 4. The van der Waals surface area contributed by atoms with E-state index in [1.165, 1.54) is 0 Å². The summed E-state index contributed by atoms with van der Waals surface area (Å²) in [5.41, 5.74) is 0. The summed E-state index contributed by atoms with van der Waals surface area (Å²) in [5.74, 6) is 3.86. The monoisotopic (exact) mass is 160 g/mol. The molecule has 11 heavy (non-hydrogen) atoms. The molecule has 0 aromatic rings. The molecule has 0 saturated carbocycles. The van der Waals surface area contributed by atoms with Gasteiger partial charge < -0.3 is 15.3 Å². The van der Waals surface area contributed by atoms with Gasteiger partial charge in [-0.3, -0.25) is 4.79 Å².